The van der Waals surface area contributed by atoms with Gasteiger partial charge in [0.1, 0.15) is 0 Å². The smallest absolute Gasteiger partial charge is 0.287 e. The first kappa shape index (κ1) is 14.3. The average Bonchev–Trinajstić information content (AvgIpc) is 2.81. The first-order valence-electron chi connectivity index (χ1n) is 6.94. The molecular formula is C16H20N2O2. The maximum absolute atomic E-state index is 11.6. The fourth-order valence-electron chi connectivity index (χ4n) is 2.21. The molecule has 0 aliphatic heterocycles. The molecule has 0 fully saturated rings. The lowest BCUT2D eigenvalue weighted by Gasteiger charge is -2.05. The molecule has 0 aliphatic rings. The molecule has 2 aromatic rings. The Kier molecular flexibility index (Phi) is 4.56. The molecule has 1 aromatic carbocycles. The molecule has 4 heteroatoms. The number of fused-ring (bicyclic) bond motifs is 1. The number of amides is 1. The number of nitrogens with one attached hydrogen (secondary N) is 2. The second-order valence-electron chi connectivity index (χ2n) is 5.39. The third-order valence-corrected chi connectivity index (χ3v) is 3.20. The lowest BCUT2D eigenvalue weighted by atomic mass is 10.1. The fraction of sp³-hybridized carbons (Fsp3) is 0.375. The van der Waals surface area contributed by atoms with Crippen molar-refractivity contribution in [2.75, 3.05) is 6.54 Å². The first-order chi connectivity index (χ1) is 9.58. The number of Topliss-reactive ketones (excluding diaryl/α,β-unsaturated/α-hetero) is 1. The molecule has 4 nitrogen and oxygen atoms in total. The van der Waals surface area contributed by atoms with Gasteiger partial charge in [-0.15, -0.1) is 0 Å². The Morgan fingerprint density at radius 1 is 1.25 bits per heavy atom. The number of hydrogen-bond acceptors (Lipinski definition) is 2. The molecule has 2 N–H and O–H groups in total. The summed E-state index contributed by atoms with van der Waals surface area (Å²) in [5, 5.41) is 3.85. The van der Waals surface area contributed by atoms with Gasteiger partial charge in [-0.3, -0.25) is 9.59 Å². The topological polar surface area (TPSA) is 62.0 Å². The molecule has 0 radical (unpaired) electrons. The second kappa shape index (κ2) is 6.37. The summed E-state index contributed by atoms with van der Waals surface area (Å²) in [6, 6.07) is 8.04. The van der Waals surface area contributed by atoms with E-state index in [0.29, 0.717) is 19.4 Å². The van der Waals surface area contributed by atoms with Gasteiger partial charge in [0.2, 0.25) is 5.78 Å². The monoisotopic (exact) mass is 272 g/mol. The van der Waals surface area contributed by atoms with Crippen LogP contribution in [-0.4, -0.2) is 23.2 Å². The number of aromatic amines is 1. The Morgan fingerprint density at radius 2 is 2.00 bits per heavy atom. The SMILES string of the molecule is CC(C)CC(=O)C(=O)NCCc1c[nH]c2ccccc12. The maximum atomic E-state index is 11.6. The van der Waals surface area contributed by atoms with Crippen LogP contribution < -0.4 is 5.32 Å². The van der Waals surface area contributed by atoms with Crippen molar-refractivity contribution in [3.63, 3.8) is 0 Å². The summed E-state index contributed by atoms with van der Waals surface area (Å²) < 4.78 is 0. The van der Waals surface area contributed by atoms with E-state index in [2.05, 4.69) is 10.3 Å². The van der Waals surface area contributed by atoms with E-state index in [9.17, 15) is 9.59 Å². The highest BCUT2D eigenvalue weighted by Crippen LogP contribution is 2.17. The van der Waals surface area contributed by atoms with Crippen LogP contribution in [0.3, 0.4) is 0 Å². The number of ketones is 1. The van der Waals surface area contributed by atoms with Crippen molar-refractivity contribution in [2.24, 2.45) is 5.92 Å². The minimum absolute atomic E-state index is 0.210. The van der Waals surface area contributed by atoms with Crippen LogP contribution in [0.4, 0.5) is 0 Å². The molecular weight excluding hydrogens is 252 g/mol. The number of benzene rings is 1. The number of carbonyl (C=O) groups excluding carboxylic acids is 2. The molecule has 20 heavy (non-hydrogen) atoms. The summed E-state index contributed by atoms with van der Waals surface area (Å²) >= 11 is 0. The third-order valence-electron chi connectivity index (χ3n) is 3.20. The first-order valence-corrected chi connectivity index (χ1v) is 6.94. The van der Waals surface area contributed by atoms with Gasteiger partial charge in [0.25, 0.3) is 5.91 Å². The van der Waals surface area contributed by atoms with Gasteiger partial charge in [-0.2, -0.15) is 0 Å². The molecule has 1 heterocycles. The Morgan fingerprint density at radius 3 is 2.75 bits per heavy atom. The van der Waals surface area contributed by atoms with Crippen LogP contribution in [-0.2, 0) is 16.0 Å². The van der Waals surface area contributed by atoms with Gasteiger partial charge in [-0.05, 0) is 24.0 Å². The molecule has 0 saturated carbocycles. The van der Waals surface area contributed by atoms with E-state index in [1.807, 2.05) is 44.3 Å². The summed E-state index contributed by atoms with van der Waals surface area (Å²) in [7, 11) is 0. The van der Waals surface area contributed by atoms with Crippen LogP contribution in [0.2, 0.25) is 0 Å². The van der Waals surface area contributed by atoms with E-state index < -0.39 is 5.91 Å². The molecule has 0 spiro atoms. The zero-order chi connectivity index (χ0) is 14.5. The number of H-pyrrole nitrogens is 1. The largest absolute Gasteiger partial charge is 0.361 e. The molecule has 0 bridgehead atoms. The molecule has 1 amide bonds. The predicted molar refractivity (Wildman–Crippen MR) is 79.5 cm³/mol. The minimum Gasteiger partial charge on any atom is -0.361 e. The van der Waals surface area contributed by atoms with E-state index in [-0.39, 0.29) is 11.7 Å². The quantitative estimate of drug-likeness (QED) is 0.793. The van der Waals surface area contributed by atoms with Crippen molar-refractivity contribution in [3.8, 4) is 0 Å². The Labute approximate surface area is 118 Å². The van der Waals surface area contributed by atoms with Gasteiger partial charge in [0.05, 0.1) is 0 Å². The maximum Gasteiger partial charge on any atom is 0.287 e. The predicted octanol–water partition coefficient (Wildman–Crippen LogP) is 2.44. The lowest BCUT2D eigenvalue weighted by Crippen LogP contribution is -2.33. The van der Waals surface area contributed by atoms with Gasteiger partial charge in [-0.1, -0.05) is 32.0 Å². The van der Waals surface area contributed by atoms with Gasteiger partial charge < -0.3 is 10.3 Å². The Hall–Kier alpha value is -2.10. The summed E-state index contributed by atoms with van der Waals surface area (Å²) in [5.41, 5.74) is 2.24. The summed E-state index contributed by atoms with van der Waals surface area (Å²) in [4.78, 5) is 26.3. The van der Waals surface area contributed by atoms with Gasteiger partial charge in [0.15, 0.2) is 0 Å². The number of hydrogen-bond donors (Lipinski definition) is 2. The summed E-state index contributed by atoms with van der Waals surface area (Å²) in [6.45, 7) is 4.33. The standard InChI is InChI=1S/C16H20N2O2/c1-11(2)9-15(19)16(20)17-8-7-12-10-18-14-6-4-3-5-13(12)14/h3-6,10-11,18H,7-9H2,1-2H3,(H,17,20). The van der Waals surface area contributed by atoms with E-state index >= 15 is 0 Å². The molecule has 0 unspecified atom stereocenters. The fourth-order valence-corrected chi connectivity index (χ4v) is 2.21. The lowest BCUT2D eigenvalue weighted by molar-refractivity contribution is -0.138. The van der Waals surface area contributed by atoms with Crippen LogP contribution in [0.25, 0.3) is 10.9 Å². The highest BCUT2D eigenvalue weighted by atomic mass is 16.2. The van der Waals surface area contributed by atoms with Crippen LogP contribution in [0.15, 0.2) is 30.5 Å². The minimum atomic E-state index is -0.474. The third kappa shape index (κ3) is 3.47. The number of aromatic nitrogens is 1. The van der Waals surface area contributed by atoms with Crippen molar-refractivity contribution in [2.45, 2.75) is 26.7 Å². The molecule has 0 aliphatic carbocycles. The van der Waals surface area contributed by atoms with Gasteiger partial charge in [-0.25, -0.2) is 0 Å². The number of rotatable bonds is 6. The number of para-hydroxylation sites is 1. The van der Waals surface area contributed by atoms with Gasteiger partial charge in [0, 0.05) is 30.1 Å². The van der Waals surface area contributed by atoms with Crippen LogP contribution in [0, 0.1) is 5.92 Å². The summed E-state index contributed by atoms with van der Waals surface area (Å²) in [6.07, 6.45) is 2.97. The highest BCUT2D eigenvalue weighted by molar-refractivity contribution is 6.36. The van der Waals surface area contributed by atoms with Crippen molar-refractivity contribution in [3.05, 3.63) is 36.0 Å². The zero-order valence-corrected chi connectivity index (χ0v) is 11.9. The molecule has 0 saturated heterocycles. The average molecular weight is 272 g/mol. The molecule has 106 valence electrons. The molecule has 0 atom stereocenters. The van der Waals surface area contributed by atoms with Crippen LogP contribution in [0.5, 0.6) is 0 Å². The van der Waals surface area contributed by atoms with Crippen molar-refractivity contribution >= 4 is 22.6 Å². The van der Waals surface area contributed by atoms with Crippen molar-refractivity contribution < 1.29 is 9.59 Å². The molecule has 2 rings (SSSR count). The summed E-state index contributed by atoms with van der Waals surface area (Å²) in [5.74, 6) is -0.598. The van der Waals surface area contributed by atoms with E-state index in [1.54, 1.807) is 0 Å². The Balaban J connectivity index is 1.87. The van der Waals surface area contributed by atoms with E-state index in [4.69, 9.17) is 0 Å². The van der Waals surface area contributed by atoms with Crippen molar-refractivity contribution in [1.29, 1.82) is 0 Å². The molecule has 1 aromatic heterocycles. The zero-order valence-electron chi connectivity index (χ0n) is 11.9. The van der Waals surface area contributed by atoms with E-state index in [1.165, 1.54) is 0 Å². The van der Waals surface area contributed by atoms with E-state index in [0.717, 1.165) is 16.5 Å². The normalized spacial score (nSPS) is 10.9. The number of carbonyl (C=O) groups is 2. The highest BCUT2D eigenvalue weighted by Gasteiger charge is 2.14. The second-order valence-corrected chi connectivity index (χ2v) is 5.39. The van der Waals surface area contributed by atoms with Crippen LogP contribution in [0.1, 0.15) is 25.8 Å². The van der Waals surface area contributed by atoms with Crippen LogP contribution >= 0.6 is 0 Å². The van der Waals surface area contributed by atoms with Crippen molar-refractivity contribution in [1.82, 2.24) is 10.3 Å². The Bertz CT molecular complexity index is 614. The van der Waals surface area contributed by atoms with Gasteiger partial charge >= 0.3 is 0 Å².